The molecule has 0 heterocycles. The van der Waals surface area contributed by atoms with Gasteiger partial charge in [-0.3, -0.25) is 14.4 Å². The van der Waals surface area contributed by atoms with Gasteiger partial charge in [-0.1, -0.05) is 50.2 Å². The molecule has 1 unspecified atom stereocenters. The van der Waals surface area contributed by atoms with Gasteiger partial charge in [-0.15, -0.1) is 0 Å². The summed E-state index contributed by atoms with van der Waals surface area (Å²) in [6, 6.07) is 7.69. The molecule has 11 nitrogen and oxygen atoms in total. The molecule has 0 aliphatic carbocycles. The van der Waals surface area contributed by atoms with Crippen molar-refractivity contribution in [1.29, 1.82) is 0 Å². The number of fused-ring (bicyclic) bond motifs is 1. The molecule has 0 radical (unpaired) electrons. The first kappa shape index (κ1) is 33.6. The molecule has 4 N–H and O–H groups in total. The van der Waals surface area contributed by atoms with E-state index in [-0.39, 0.29) is 12.0 Å². The maximum absolute atomic E-state index is 13.5. The molecule has 3 atom stereocenters. The third kappa shape index (κ3) is 8.71. The number of sulfonamides is 1. The fourth-order valence-electron chi connectivity index (χ4n) is 3.55. The quantitative estimate of drug-likeness (QED) is 0.187. The Morgan fingerprint density at radius 3 is 2.15 bits per heavy atom. The number of aldehydes is 1. The molecule has 0 fully saturated rings. The molecular weight excluding hydrogens is 571 g/mol. The first-order valence-corrected chi connectivity index (χ1v) is 13.7. The molecule has 2 rings (SSSR count). The number of Topliss-reactive ketones (excluding diaryl/α,β-unsaturated/α-hetero) is 1. The first-order valence-electron chi connectivity index (χ1n) is 12.2. The monoisotopic (exact) mass is 603 g/mol. The van der Waals surface area contributed by atoms with Crippen molar-refractivity contribution < 1.29 is 50.2 Å². The molecule has 15 heteroatoms. The van der Waals surface area contributed by atoms with E-state index in [4.69, 9.17) is 15.2 Å². The van der Waals surface area contributed by atoms with Gasteiger partial charge in [0.15, 0.2) is 5.78 Å². The average molecular weight is 604 g/mol. The zero-order valence-electron chi connectivity index (χ0n) is 22.9. The number of hydrogen-bond acceptors (Lipinski definition) is 9. The van der Waals surface area contributed by atoms with Crippen LogP contribution in [-0.4, -0.2) is 61.8 Å². The van der Waals surface area contributed by atoms with E-state index in [0.29, 0.717) is 10.8 Å². The molecule has 0 aromatic heterocycles. The van der Waals surface area contributed by atoms with Crippen molar-refractivity contribution in [1.82, 2.24) is 10.0 Å². The summed E-state index contributed by atoms with van der Waals surface area (Å²) in [5.41, 5.74) is -2.75. The molecule has 0 spiro atoms. The van der Waals surface area contributed by atoms with Crippen molar-refractivity contribution in [3.63, 3.8) is 0 Å². The first-order chi connectivity index (χ1) is 18.7. The Morgan fingerprint density at radius 1 is 1.00 bits per heavy atom. The maximum Gasteiger partial charge on any atom is 0.511 e. The smallest absolute Gasteiger partial charge is 0.466 e. The molecule has 0 saturated carbocycles. The summed E-state index contributed by atoms with van der Waals surface area (Å²) in [4.78, 5) is 49.9. The van der Waals surface area contributed by atoms with Crippen LogP contribution in [0, 0.1) is 5.41 Å². The topological polar surface area (TPSA) is 171 Å². The summed E-state index contributed by atoms with van der Waals surface area (Å²) >= 11 is 0. The van der Waals surface area contributed by atoms with Crippen LogP contribution in [0.15, 0.2) is 42.5 Å². The molecule has 2 aromatic carbocycles. The van der Waals surface area contributed by atoms with Crippen LogP contribution in [-0.2, 0) is 33.9 Å². The Morgan fingerprint density at radius 2 is 1.59 bits per heavy atom. The number of rotatable bonds is 12. The molecule has 0 bridgehead atoms. The lowest BCUT2D eigenvalue weighted by Crippen LogP contribution is -2.60. The standard InChI is InChI=1S/C26H32F3N3O8S/c1-24(2,3)40-19(34)13-16(14-33)31-22(36)20(30)25(4,5)21(35)23(32-41(37,38)26(27,28)29)39-18-12-8-10-15-9-6-7-11-17(15)18/h6-12,14,16,20,23,32H,13,30H2,1-5H3,(H,31,36)/t16-,20+,23?/m0/s1. The Kier molecular flexibility index (Phi) is 10.3. The van der Waals surface area contributed by atoms with Crippen molar-refractivity contribution in [3.05, 3.63) is 42.5 Å². The maximum atomic E-state index is 13.5. The number of nitrogens with two attached hydrogens (primary N) is 1. The van der Waals surface area contributed by atoms with Gasteiger partial charge in [0.2, 0.25) is 12.1 Å². The van der Waals surface area contributed by atoms with Crippen LogP contribution in [0.5, 0.6) is 5.75 Å². The van der Waals surface area contributed by atoms with Crippen molar-refractivity contribution in [2.45, 2.75) is 70.5 Å². The highest BCUT2D eigenvalue weighted by Gasteiger charge is 2.51. The second-order valence-corrected chi connectivity index (χ2v) is 12.4. The van der Waals surface area contributed by atoms with E-state index in [2.05, 4.69) is 5.32 Å². The minimum absolute atomic E-state index is 0.126. The van der Waals surface area contributed by atoms with Crippen LogP contribution >= 0.6 is 0 Å². The number of carbonyl (C=O) groups is 4. The van der Waals surface area contributed by atoms with Gasteiger partial charge in [-0.2, -0.15) is 17.9 Å². The molecule has 1 amide bonds. The summed E-state index contributed by atoms with van der Waals surface area (Å²) in [5.74, 6) is -3.38. The van der Waals surface area contributed by atoms with E-state index in [1.54, 1.807) is 51.1 Å². The second kappa shape index (κ2) is 12.5. The van der Waals surface area contributed by atoms with E-state index in [0.717, 1.165) is 13.8 Å². The predicted molar refractivity (Wildman–Crippen MR) is 142 cm³/mol. The normalized spacial score (nSPS) is 15.0. The number of halogens is 3. The van der Waals surface area contributed by atoms with E-state index in [9.17, 15) is 40.8 Å². The predicted octanol–water partition coefficient (Wildman–Crippen LogP) is 2.32. The molecular formula is C26H32F3N3O8S. The van der Waals surface area contributed by atoms with Crippen molar-refractivity contribution in [2.75, 3.05) is 0 Å². The van der Waals surface area contributed by atoms with Gasteiger partial charge in [0.05, 0.1) is 23.9 Å². The summed E-state index contributed by atoms with van der Waals surface area (Å²) < 4.78 is 75.5. The Balaban J connectivity index is 2.37. The van der Waals surface area contributed by atoms with Crippen molar-refractivity contribution >= 4 is 44.7 Å². The summed E-state index contributed by atoms with van der Waals surface area (Å²) in [5, 5.41) is 3.12. The number of carbonyl (C=O) groups excluding carboxylic acids is 4. The van der Waals surface area contributed by atoms with Crippen LogP contribution in [0.2, 0.25) is 0 Å². The SMILES string of the molecule is CC(C)(C)OC(=O)C[C@@H](C=O)NC(=O)[C@@H](N)C(C)(C)C(=O)C(NS(=O)(=O)C(F)(F)F)Oc1cccc2ccccc12. The Labute approximate surface area is 235 Å². The zero-order valence-corrected chi connectivity index (χ0v) is 23.8. The lowest BCUT2D eigenvalue weighted by molar-refractivity contribution is -0.156. The highest BCUT2D eigenvalue weighted by atomic mass is 32.2. The Bertz CT molecular complexity index is 1400. The zero-order chi connectivity index (χ0) is 31.4. The highest BCUT2D eigenvalue weighted by Crippen LogP contribution is 2.30. The molecule has 0 saturated heterocycles. The van der Waals surface area contributed by atoms with Crippen LogP contribution in [0.25, 0.3) is 10.8 Å². The van der Waals surface area contributed by atoms with E-state index < -0.39 is 68.9 Å². The molecule has 0 aliphatic heterocycles. The van der Waals surface area contributed by atoms with E-state index >= 15 is 0 Å². The number of nitrogens with one attached hydrogen (secondary N) is 2. The van der Waals surface area contributed by atoms with Gasteiger partial charge in [0, 0.05) is 5.39 Å². The molecule has 2 aromatic rings. The van der Waals surface area contributed by atoms with Gasteiger partial charge in [-0.05, 0) is 32.2 Å². The summed E-state index contributed by atoms with van der Waals surface area (Å²) in [7, 11) is -6.11. The van der Waals surface area contributed by atoms with E-state index in [1.807, 2.05) is 0 Å². The summed E-state index contributed by atoms with van der Waals surface area (Å²) in [6.07, 6.45) is -2.79. The lowest BCUT2D eigenvalue weighted by Gasteiger charge is -2.33. The fraction of sp³-hybridized carbons (Fsp3) is 0.462. The third-order valence-corrected chi connectivity index (χ3v) is 6.93. The number of ether oxygens (including phenoxy) is 2. The Hall–Kier alpha value is -3.56. The third-order valence-electron chi connectivity index (χ3n) is 5.79. The van der Waals surface area contributed by atoms with Crippen molar-refractivity contribution in [2.24, 2.45) is 11.1 Å². The summed E-state index contributed by atoms with van der Waals surface area (Å²) in [6.45, 7) is 6.95. The minimum Gasteiger partial charge on any atom is -0.466 e. The van der Waals surface area contributed by atoms with Gasteiger partial charge in [0.1, 0.15) is 17.6 Å². The molecule has 41 heavy (non-hydrogen) atoms. The fourth-order valence-corrected chi connectivity index (χ4v) is 4.12. The van der Waals surface area contributed by atoms with Gasteiger partial charge in [-0.25, -0.2) is 8.42 Å². The lowest BCUT2D eigenvalue weighted by atomic mass is 9.79. The van der Waals surface area contributed by atoms with E-state index in [1.165, 1.54) is 16.9 Å². The number of amides is 1. The van der Waals surface area contributed by atoms with Gasteiger partial charge in [0.25, 0.3) is 0 Å². The van der Waals surface area contributed by atoms with Gasteiger partial charge < -0.3 is 25.3 Å². The van der Waals surface area contributed by atoms with Crippen LogP contribution < -0.4 is 20.5 Å². The minimum atomic E-state index is -6.11. The molecule has 226 valence electrons. The van der Waals surface area contributed by atoms with Gasteiger partial charge >= 0.3 is 21.5 Å². The van der Waals surface area contributed by atoms with Crippen molar-refractivity contribution in [3.8, 4) is 5.75 Å². The number of esters is 1. The highest BCUT2D eigenvalue weighted by molar-refractivity contribution is 7.90. The molecule has 0 aliphatic rings. The number of benzene rings is 2. The van der Waals surface area contributed by atoms with Crippen LogP contribution in [0.1, 0.15) is 41.0 Å². The average Bonchev–Trinajstić information content (AvgIpc) is 2.85. The number of hydrogen-bond donors (Lipinski definition) is 3. The second-order valence-electron chi connectivity index (χ2n) is 10.6. The van der Waals surface area contributed by atoms with Crippen LogP contribution in [0.4, 0.5) is 13.2 Å². The number of alkyl halides is 3. The largest absolute Gasteiger partial charge is 0.511 e. The number of ketones is 1. The van der Waals surface area contributed by atoms with Crippen LogP contribution in [0.3, 0.4) is 0 Å².